The second kappa shape index (κ2) is 11.0. The van der Waals surface area contributed by atoms with E-state index in [-0.39, 0.29) is 36.3 Å². The summed E-state index contributed by atoms with van der Waals surface area (Å²) in [4.78, 5) is 4.50. The molecule has 0 fully saturated rings. The van der Waals surface area contributed by atoms with Crippen LogP contribution in [0.1, 0.15) is 42.5 Å². The minimum atomic E-state index is -3.23. The molecular weight excluding hydrogens is 522 g/mol. The topological polar surface area (TPSA) is 101 Å². The van der Waals surface area contributed by atoms with Crippen LogP contribution in [-0.2, 0) is 41.6 Å². The van der Waals surface area contributed by atoms with E-state index in [0.717, 1.165) is 43.7 Å². The van der Waals surface area contributed by atoms with Gasteiger partial charge in [0.05, 0.1) is 18.8 Å². The minimum Gasteiger partial charge on any atom is -0.357 e. The molecule has 0 saturated heterocycles. The van der Waals surface area contributed by atoms with Crippen LogP contribution in [0.25, 0.3) is 0 Å². The second-order valence-corrected chi connectivity index (χ2v) is 9.31. The summed E-state index contributed by atoms with van der Waals surface area (Å²) in [7, 11) is -3.23. The summed E-state index contributed by atoms with van der Waals surface area (Å²) in [6, 6.07) is 4.11. The highest BCUT2D eigenvalue weighted by Gasteiger charge is 2.16. The van der Waals surface area contributed by atoms with Crippen molar-refractivity contribution in [3.63, 3.8) is 0 Å². The zero-order valence-corrected chi connectivity index (χ0v) is 20.3. The predicted octanol–water partition coefficient (Wildman–Crippen LogP) is 2.17. The molecule has 0 atom stereocenters. The third-order valence-electron chi connectivity index (χ3n) is 4.69. The number of nitrogens with one attached hydrogen (secondary N) is 2. The van der Waals surface area contributed by atoms with Gasteiger partial charge in [0.25, 0.3) is 0 Å². The van der Waals surface area contributed by atoms with E-state index in [9.17, 15) is 12.8 Å². The Morgan fingerprint density at radius 2 is 2.03 bits per heavy atom. The van der Waals surface area contributed by atoms with Crippen LogP contribution in [0.3, 0.4) is 0 Å². The van der Waals surface area contributed by atoms with E-state index in [1.807, 2.05) is 6.92 Å². The van der Waals surface area contributed by atoms with E-state index in [0.29, 0.717) is 30.2 Å². The Labute approximate surface area is 193 Å². The summed E-state index contributed by atoms with van der Waals surface area (Å²) in [5, 5.41) is 14.9. The number of guanidine groups is 1. The Hall–Kier alpha value is -1.76. The first-order valence-corrected chi connectivity index (χ1v) is 11.8. The molecule has 1 aliphatic rings. The smallest absolute Gasteiger partial charge is 0.191 e. The Kier molecular flexibility index (Phi) is 9.01. The summed E-state index contributed by atoms with van der Waals surface area (Å²) < 4.78 is 39.2. The summed E-state index contributed by atoms with van der Waals surface area (Å²) in [6.45, 7) is 4.16. The molecule has 1 aromatic heterocycles. The van der Waals surface area contributed by atoms with Gasteiger partial charge in [-0.25, -0.2) is 17.8 Å². The van der Waals surface area contributed by atoms with Gasteiger partial charge in [0.1, 0.15) is 11.6 Å². The molecule has 2 aromatic rings. The van der Waals surface area contributed by atoms with Gasteiger partial charge in [-0.05, 0) is 43.0 Å². The number of hydrogen-bond donors (Lipinski definition) is 2. The average Bonchev–Trinajstić information content (AvgIpc) is 3.08. The first-order valence-electron chi connectivity index (χ1n) is 9.74. The summed E-state index contributed by atoms with van der Waals surface area (Å²) in [6.07, 6.45) is 4.37. The number of aromatic nitrogens is 3. The quantitative estimate of drug-likeness (QED) is 0.312. The normalized spacial score (nSPS) is 14.0. The van der Waals surface area contributed by atoms with Crippen LogP contribution in [0.2, 0.25) is 0 Å². The van der Waals surface area contributed by atoms with Gasteiger partial charge in [-0.15, -0.1) is 34.2 Å². The van der Waals surface area contributed by atoms with Crippen molar-refractivity contribution in [3.05, 3.63) is 46.8 Å². The molecule has 1 aliphatic heterocycles. The molecule has 0 spiro atoms. The number of halogens is 2. The van der Waals surface area contributed by atoms with Crippen molar-refractivity contribution in [1.82, 2.24) is 25.4 Å². The SMILES string of the molecule is CCNC(=NCc1cc(F)ccc1CS(C)(=O)=O)NCc1nnc2n1CCCC2.I. The number of rotatable bonds is 7. The molecule has 0 unspecified atom stereocenters. The van der Waals surface area contributed by atoms with Crippen molar-refractivity contribution in [2.24, 2.45) is 4.99 Å². The summed E-state index contributed by atoms with van der Waals surface area (Å²) >= 11 is 0. The number of sulfone groups is 1. The van der Waals surface area contributed by atoms with Crippen LogP contribution in [-0.4, -0.2) is 41.9 Å². The highest BCUT2D eigenvalue weighted by Crippen LogP contribution is 2.16. The lowest BCUT2D eigenvalue weighted by atomic mass is 10.1. The highest BCUT2D eigenvalue weighted by atomic mass is 127. The van der Waals surface area contributed by atoms with Crippen molar-refractivity contribution < 1.29 is 12.8 Å². The minimum absolute atomic E-state index is 0. The van der Waals surface area contributed by atoms with Crippen molar-refractivity contribution in [2.75, 3.05) is 12.8 Å². The van der Waals surface area contributed by atoms with Crippen molar-refractivity contribution in [2.45, 2.75) is 51.6 Å². The van der Waals surface area contributed by atoms with Gasteiger partial charge < -0.3 is 15.2 Å². The largest absolute Gasteiger partial charge is 0.357 e. The zero-order chi connectivity index (χ0) is 20.9. The van der Waals surface area contributed by atoms with Gasteiger partial charge >= 0.3 is 0 Å². The number of nitrogens with zero attached hydrogens (tertiary/aromatic N) is 4. The van der Waals surface area contributed by atoms with E-state index in [1.54, 1.807) is 0 Å². The summed E-state index contributed by atoms with van der Waals surface area (Å²) in [5.41, 5.74) is 1.10. The molecule has 0 radical (unpaired) electrons. The molecule has 3 rings (SSSR count). The molecule has 11 heteroatoms. The van der Waals surface area contributed by atoms with Gasteiger partial charge in [-0.2, -0.15) is 0 Å². The lowest BCUT2D eigenvalue weighted by molar-refractivity contribution is 0.504. The van der Waals surface area contributed by atoms with E-state index in [2.05, 4.69) is 30.4 Å². The summed E-state index contributed by atoms with van der Waals surface area (Å²) in [5.74, 6) is 1.86. The number of hydrogen-bond acceptors (Lipinski definition) is 5. The monoisotopic (exact) mass is 550 g/mol. The Morgan fingerprint density at radius 1 is 1.23 bits per heavy atom. The molecule has 2 heterocycles. The van der Waals surface area contributed by atoms with Crippen LogP contribution in [0.4, 0.5) is 4.39 Å². The van der Waals surface area contributed by atoms with E-state index >= 15 is 0 Å². The van der Waals surface area contributed by atoms with E-state index in [4.69, 9.17) is 0 Å². The van der Waals surface area contributed by atoms with Gasteiger partial charge in [0.2, 0.25) is 0 Å². The van der Waals surface area contributed by atoms with Crippen LogP contribution in [0, 0.1) is 5.82 Å². The van der Waals surface area contributed by atoms with Crippen LogP contribution < -0.4 is 10.6 Å². The highest BCUT2D eigenvalue weighted by molar-refractivity contribution is 14.0. The second-order valence-electron chi connectivity index (χ2n) is 7.17. The maximum Gasteiger partial charge on any atom is 0.191 e. The number of fused-ring (bicyclic) bond motifs is 1. The number of aliphatic imine (C=N–C) groups is 1. The lowest BCUT2D eigenvalue weighted by Gasteiger charge is -2.16. The van der Waals surface area contributed by atoms with Crippen LogP contribution in [0.5, 0.6) is 0 Å². The predicted molar refractivity (Wildman–Crippen MR) is 125 cm³/mol. The fourth-order valence-corrected chi connectivity index (χ4v) is 4.18. The molecular formula is C19H28FIN6O2S. The third-order valence-corrected chi connectivity index (χ3v) is 5.52. The van der Waals surface area contributed by atoms with Crippen molar-refractivity contribution in [1.29, 1.82) is 0 Å². The van der Waals surface area contributed by atoms with Crippen LogP contribution in [0.15, 0.2) is 23.2 Å². The molecule has 0 amide bonds. The molecule has 1 aromatic carbocycles. The van der Waals surface area contributed by atoms with E-state index in [1.165, 1.54) is 18.2 Å². The number of aryl methyl sites for hydroxylation is 1. The molecule has 0 aliphatic carbocycles. The number of benzene rings is 1. The molecule has 2 N–H and O–H groups in total. The van der Waals surface area contributed by atoms with Crippen LogP contribution >= 0.6 is 24.0 Å². The Morgan fingerprint density at radius 3 is 2.77 bits per heavy atom. The fourth-order valence-electron chi connectivity index (χ4n) is 3.33. The Bertz CT molecular complexity index is 993. The van der Waals surface area contributed by atoms with Gasteiger partial charge in [-0.3, -0.25) is 0 Å². The van der Waals surface area contributed by atoms with E-state index < -0.39 is 15.7 Å². The maximum absolute atomic E-state index is 13.7. The fraction of sp³-hybridized carbons (Fsp3) is 0.526. The third kappa shape index (κ3) is 6.89. The first kappa shape index (κ1) is 24.5. The standard InChI is InChI=1S/C19H27FN6O2S.HI/c1-3-21-19(23-12-18-25-24-17-6-4-5-9-26(17)18)22-11-15-10-16(20)8-7-14(15)13-29(2,27)28;/h7-8,10H,3-6,9,11-13H2,1-2H3,(H2,21,22,23);1H. The lowest BCUT2D eigenvalue weighted by Crippen LogP contribution is -2.37. The molecule has 0 bridgehead atoms. The molecule has 30 heavy (non-hydrogen) atoms. The molecule has 0 saturated carbocycles. The first-order chi connectivity index (χ1) is 13.9. The zero-order valence-electron chi connectivity index (χ0n) is 17.2. The van der Waals surface area contributed by atoms with Crippen molar-refractivity contribution in [3.8, 4) is 0 Å². The average molecular weight is 550 g/mol. The molecule has 8 nitrogen and oxygen atoms in total. The van der Waals surface area contributed by atoms with Gasteiger partial charge in [-0.1, -0.05) is 6.07 Å². The Balaban J connectivity index is 0.00000320. The van der Waals surface area contributed by atoms with Gasteiger partial charge in [0, 0.05) is 25.8 Å². The maximum atomic E-state index is 13.7. The molecule has 166 valence electrons. The van der Waals surface area contributed by atoms with Crippen molar-refractivity contribution >= 4 is 39.8 Å². The van der Waals surface area contributed by atoms with Gasteiger partial charge in [0.15, 0.2) is 21.6 Å².